The summed E-state index contributed by atoms with van der Waals surface area (Å²) < 4.78 is 38.0. The van der Waals surface area contributed by atoms with E-state index < -0.39 is 11.7 Å². The van der Waals surface area contributed by atoms with E-state index in [4.69, 9.17) is 0 Å². The maximum atomic E-state index is 12.7. The molecule has 2 rings (SSSR count). The molecule has 0 aliphatic heterocycles. The van der Waals surface area contributed by atoms with Crippen LogP contribution in [0.25, 0.3) is 11.1 Å². The zero-order chi connectivity index (χ0) is 17.2. The highest BCUT2D eigenvalue weighted by Gasteiger charge is 2.30. The van der Waals surface area contributed by atoms with Crippen LogP contribution in [0.4, 0.5) is 13.2 Å². The molecule has 5 heteroatoms. The number of carbonyl (C=O) groups excluding carboxylic acids is 1. The third kappa shape index (κ3) is 3.73. The number of carbonyl (C=O) groups is 1. The Morgan fingerprint density at radius 2 is 1.57 bits per heavy atom. The molecule has 0 unspecified atom stereocenters. The topological polar surface area (TPSA) is 20.3 Å². The van der Waals surface area contributed by atoms with Crippen LogP contribution >= 0.6 is 0 Å². The monoisotopic (exact) mass is 321 g/mol. The van der Waals surface area contributed by atoms with E-state index in [1.165, 1.54) is 12.1 Å². The molecule has 0 radical (unpaired) electrons. The van der Waals surface area contributed by atoms with Crippen molar-refractivity contribution in [2.45, 2.75) is 26.1 Å². The van der Waals surface area contributed by atoms with Gasteiger partial charge in [0.1, 0.15) is 0 Å². The fourth-order valence-corrected chi connectivity index (χ4v) is 2.18. The Morgan fingerprint density at radius 1 is 1.00 bits per heavy atom. The molecule has 2 nitrogen and oxygen atoms in total. The SMILES string of the molecule is CC(C)N(C)C(=O)c1ccccc1-c1ccc(C(F)(F)F)cc1. The molecule has 2 aromatic rings. The van der Waals surface area contributed by atoms with Crippen LogP contribution in [0.1, 0.15) is 29.8 Å². The van der Waals surface area contributed by atoms with E-state index in [1.807, 2.05) is 13.8 Å². The van der Waals surface area contributed by atoms with E-state index >= 15 is 0 Å². The van der Waals surface area contributed by atoms with Crippen LogP contribution in [0.2, 0.25) is 0 Å². The third-order valence-electron chi connectivity index (χ3n) is 3.78. The fourth-order valence-electron chi connectivity index (χ4n) is 2.18. The second kappa shape index (κ2) is 6.44. The van der Waals surface area contributed by atoms with E-state index in [-0.39, 0.29) is 11.9 Å². The minimum Gasteiger partial charge on any atom is -0.339 e. The predicted octanol–water partition coefficient (Wildman–Crippen LogP) is 4.85. The van der Waals surface area contributed by atoms with Gasteiger partial charge in [0.2, 0.25) is 0 Å². The Hall–Kier alpha value is -2.30. The van der Waals surface area contributed by atoms with Gasteiger partial charge in [-0.05, 0) is 43.2 Å². The van der Waals surface area contributed by atoms with Gasteiger partial charge >= 0.3 is 6.18 Å². The predicted molar refractivity (Wildman–Crippen MR) is 84.1 cm³/mol. The van der Waals surface area contributed by atoms with E-state index in [9.17, 15) is 18.0 Å². The lowest BCUT2D eigenvalue weighted by Crippen LogP contribution is -2.33. The summed E-state index contributed by atoms with van der Waals surface area (Å²) in [5, 5.41) is 0. The maximum absolute atomic E-state index is 12.7. The van der Waals surface area contributed by atoms with E-state index in [0.29, 0.717) is 16.7 Å². The summed E-state index contributed by atoms with van der Waals surface area (Å²) in [6.45, 7) is 3.80. The quantitative estimate of drug-likeness (QED) is 0.791. The van der Waals surface area contributed by atoms with Crippen LogP contribution in [-0.2, 0) is 6.18 Å². The van der Waals surface area contributed by atoms with E-state index in [2.05, 4.69) is 0 Å². The summed E-state index contributed by atoms with van der Waals surface area (Å²) in [4.78, 5) is 14.2. The Kier molecular flexibility index (Phi) is 4.78. The van der Waals surface area contributed by atoms with Gasteiger partial charge < -0.3 is 4.90 Å². The van der Waals surface area contributed by atoms with E-state index in [0.717, 1.165) is 12.1 Å². The van der Waals surface area contributed by atoms with Crippen molar-refractivity contribution >= 4 is 5.91 Å². The Morgan fingerprint density at radius 3 is 2.09 bits per heavy atom. The minimum absolute atomic E-state index is 0.0307. The van der Waals surface area contributed by atoms with Crippen LogP contribution < -0.4 is 0 Å². The number of amides is 1. The average Bonchev–Trinajstić information content (AvgIpc) is 2.52. The molecule has 0 aromatic heterocycles. The molecule has 0 atom stereocenters. The molecule has 0 heterocycles. The van der Waals surface area contributed by atoms with Gasteiger partial charge in [0.05, 0.1) is 5.56 Å². The number of rotatable bonds is 3. The van der Waals surface area contributed by atoms with Gasteiger partial charge in [-0.2, -0.15) is 13.2 Å². The molecule has 1 amide bonds. The summed E-state index contributed by atoms with van der Waals surface area (Å²) in [5.41, 5.74) is 0.977. The molecule has 0 aliphatic rings. The summed E-state index contributed by atoms with van der Waals surface area (Å²) in [6, 6.07) is 11.8. The first-order valence-electron chi connectivity index (χ1n) is 7.25. The largest absolute Gasteiger partial charge is 0.416 e. The van der Waals surface area contributed by atoms with Gasteiger partial charge in [-0.25, -0.2) is 0 Å². The summed E-state index contributed by atoms with van der Waals surface area (Å²) >= 11 is 0. The minimum atomic E-state index is -4.37. The van der Waals surface area contributed by atoms with Gasteiger partial charge in [0.15, 0.2) is 0 Å². The number of nitrogens with zero attached hydrogens (tertiary/aromatic N) is 1. The first-order chi connectivity index (χ1) is 10.7. The third-order valence-corrected chi connectivity index (χ3v) is 3.78. The van der Waals surface area contributed by atoms with Gasteiger partial charge in [0.25, 0.3) is 5.91 Å². The highest BCUT2D eigenvalue weighted by atomic mass is 19.4. The lowest BCUT2D eigenvalue weighted by Gasteiger charge is -2.23. The van der Waals surface area contributed by atoms with Crippen LogP contribution in [0, 0.1) is 0 Å². The van der Waals surface area contributed by atoms with Crippen LogP contribution in [0.3, 0.4) is 0 Å². The Balaban J connectivity index is 2.43. The molecule has 2 aromatic carbocycles. The molecule has 0 spiro atoms. The van der Waals surface area contributed by atoms with Gasteiger partial charge in [0, 0.05) is 18.7 Å². The molecule has 0 N–H and O–H groups in total. The van der Waals surface area contributed by atoms with Crippen molar-refractivity contribution in [1.29, 1.82) is 0 Å². The normalized spacial score (nSPS) is 11.6. The molecular weight excluding hydrogens is 303 g/mol. The number of halogens is 3. The summed E-state index contributed by atoms with van der Waals surface area (Å²) in [6.07, 6.45) is -4.37. The molecule has 0 bridgehead atoms. The van der Waals surface area contributed by atoms with Gasteiger partial charge in [-0.1, -0.05) is 30.3 Å². The molecule has 122 valence electrons. The first-order valence-corrected chi connectivity index (χ1v) is 7.25. The highest BCUT2D eigenvalue weighted by molar-refractivity contribution is 6.00. The van der Waals surface area contributed by atoms with Crippen molar-refractivity contribution in [1.82, 2.24) is 4.90 Å². The smallest absolute Gasteiger partial charge is 0.339 e. The van der Waals surface area contributed by atoms with Gasteiger partial charge in [-0.3, -0.25) is 4.79 Å². The standard InChI is InChI=1S/C18H18F3NO/c1-12(2)22(3)17(23)16-7-5-4-6-15(16)13-8-10-14(11-9-13)18(19,20)21/h4-12H,1-3H3. The fraction of sp³-hybridized carbons (Fsp3) is 0.278. The molecule has 0 aliphatic carbocycles. The van der Waals surface area contributed by atoms with Crippen molar-refractivity contribution < 1.29 is 18.0 Å². The lowest BCUT2D eigenvalue weighted by atomic mass is 9.97. The van der Waals surface area contributed by atoms with Crippen molar-refractivity contribution in [3.05, 3.63) is 59.7 Å². The number of hydrogen-bond acceptors (Lipinski definition) is 1. The molecule has 23 heavy (non-hydrogen) atoms. The Labute approximate surface area is 133 Å². The average molecular weight is 321 g/mol. The van der Waals surface area contributed by atoms with Crippen LogP contribution in [0.15, 0.2) is 48.5 Å². The van der Waals surface area contributed by atoms with E-state index in [1.54, 1.807) is 36.2 Å². The molecule has 0 saturated carbocycles. The maximum Gasteiger partial charge on any atom is 0.416 e. The lowest BCUT2D eigenvalue weighted by molar-refractivity contribution is -0.137. The zero-order valence-corrected chi connectivity index (χ0v) is 13.2. The van der Waals surface area contributed by atoms with Crippen molar-refractivity contribution in [2.75, 3.05) is 7.05 Å². The van der Waals surface area contributed by atoms with Crippen molar-refractivity contribution in [3.63, 3.8) is 0 Å². The zero-order valence-electron chi connectivity index (χ0n) is 13.2. The van der Waals surface area contributed by atoms with Crippen molar-refractivity contribution in [3.8, 4) is 11.1 Å². The Bertz CT molecular complexity index is 690. The first kappa shape index (κ1) is 17.1. The second-order valence-electron chi connectivity index (χ2n) is 5.63. The molecule has 0 saturated heterocycles. The van der Waals surface area contributed by atoms with Crippen LogP contribution in [-0.4, -0.2) is 23.9 Å². The second-order valence-corrected chi connectivity index (χ2v) is 5.63. The number of benzene rings is 2. The van der Waals surface area contributed by atoms with Crippen LogP contribution in [0.5, 0.6) is 0 Å². The summed E-state index contributed by atoms with van der Waals surface area (Å²) in [5.74, 6) is -0.157. The highest BCUT2D eigenvalue weighted by Crippen LogP contribution is 2.32. The molecular formula is C18H18F3NO. The summed E-state index contributed by atoms with van der Waals surface area (Å²) in [7, 11) is 1.70. The molecule has 0 fully saturated rings. The number of hydrogen-bond donors (Lipinski definition) is 0. The van der Waals surface area contributed by atoms with Crippen molar-refractivity contribution in [2.24, 2.45) is 0 Å². The van der Waals surface area contributed by atoms with Gasteiger partial charge in [-0.15, -0.1) is 0 Å². The number of alkyl halides is 3.